The lowest BCUT2D eigenvalue weighted by Crippen LogP contribution is -2.11. The second-order valence-corrected chi connectivity index (χ2v) is 4.20. The van der Waals surface area contributed by atoms with Crippen LogP contribution in [0.15, 0.2) is 22.7 Å². The number of nitrogens with zero attached hydrogens (tertiary/aromatic N) is 1. The molecule has 0 radical (unpaired) electrons. The van der Waals surface area contributed by atoms with Gasteiger partial charge in [0.25, 0.3) is 0 Å². The van der Waals surface area contributed by atoms with E-state index in [4.69, 9.17) is 5.11 Å². The number of hydrogen-bond donors (Lipinski definition) is 1. The summed E-state index contributed by atoms with van der Waals surface area (Å²) in [5.74, 6) is -0.901. The van der Waals surface area contributed by atoms with E-state index in [1.807, 2.05) is 25.1 Å². The zero-order valence-electron chi connectivity index (χ0n) is 8.12. The van der Waals surface area contributed by atoms with Crippen molar-refractivity contribution in [1.29, 1.82) is 0 Å². The Balaban J connectivity index is 2.95. The lowest BCUT2D eigenvalue weighted by molar-refractivity contribution is 0.0697. The van der Waals surface area contributed by atoms with Crippen LogP contribution in [-0.2, 0) is 6.54 Å². The first-order chi connectivity index (χ1) is 6.50. The highest BCUT2D eigenvalue weighted by Crippen LogP contribution is 2.19. The van der Waals surface area contributed by atoms with Crippen LogP contribution in [0.3, 0.4) is 0 Å². The Hall–Kier alpha value is -0.870. The number of hydrogen-bond acceptors (Lipinski definition) is 2. The zero-order valence-corrected chi connectivity index (χ0v) is 9.71. The van der Waals surface area contributed by atoms with Crippen molar-refractivity contribution in [3.8, 4) is 0 Å². The summed E-state index contributed by atoms with van der Waals surface area (Å²) >= 11 is 3.35. The maximum absolute atomic E-state index is 10.7. The Bertz CT molecular complexity index is 350. The van der Waals surface area contributed by atoms with Gasteiger partial charge in [0.1, 0.15) is 0 Å². The van der Waals surface area contributed by atoms with Crippen LogP contribution in [0.2, 0.25) is 0 Å². The molecule has 0 aromatic heterocycles. The molecule has 14 heavy (non-hydrogen) atoms. The highest BCUT2D eigenvalue weighted by atomic mass is 79.9. The summed E-state index contributed by atoms with van der Waals surface area (Å²) in [5, 5.41) is 8.75. The van der Waals surface area contributed by atoms with Crippen molar-refractivity contribution in [2.45, 2.75) is 6.54 Å². The van der Waals surface area contributed by atoms with Crippen LogP contribution in [0.5, 0.6) is 0 Å². The number of rotatable bonds is 3. The molecule has 0 bridgehead atoms. The highest BCUT2D eigenvalue weighted by Gasteiger charge is 2.06. The van der Waals surface area contributed by atoms with Crippen molar-refractivity contribution in [1.82, 2.24) is 4.90 Å². The van der Waals surface area contributed by atoms with Crippen LogP contribution in [-0.4, -0.2) is 30.1 Å². The van der Waals surface area contributed by atoms with E-state index in [1.165, 1.54) is 0 Å². The van der Waals surface area contributed by atoms with Crippen LogP contribution in [0.4, 0.5) is 0 Å². The van der Waals surface area contributed by atoms with Gasteiger partial charge in [-0.2, -0.15) is 0 Å². The first-order valence-electron chi connectivity index (χ1n) is 4.17. The minimum atomic E-state index is -0.901. The minimum absolute atomic E-state index is 0.305. The minimum Gasteiger partial charge on any atom is -0.478 e. The number of carboxylic acids is 1. The van der Waals surface area contributed by atoms with Crippen molar-refractivity contribution in [2.75, 3.05) is 14.1 Å². The van der Waals surface area contributed by atoms with Crippen LogP contribution in [0.1, 0.15) is 15.9 Å². The van der Waals surface area contributed by atoms with Crippen molar-refractivity contribution in [3.63, 3.8) is 0 Å². The monoisotopic (exact) mass is 257 g/mol. The quantitative estimate of drug-likeness (QED) is 0.903. The zero-order chi connectivity index (χ0) is 10.7. The molecule has 0 atom stereocenters. The van der Waals surface area contributed by atoms with Gasteiger partial charge in [0, 0.05) is 11.0 Å². The van der Waals surface area contributed by atoms with E-state index in [0.29, 0.717) is 5.56 Å². The van der Waals surface area contributed by atoms with Gasteiger partial charge in [-0.05, 0) is 31.8 Å². The molecule has 1 rings (SSSR count). The first kappa shape index (κ1) is 11.2. The van der Waals surface area contributed by atoms with E-state index in [2.05, 4.69) is 15.9 Å². The Kier molecular flexibility index (Phi) is 3.66. The molecule has 0 spiro atoms. The molecular formula is C10H12BrNO2. The molecule has 0 unspecified atom stereocenters. The van der Waals surface area contributed by atoms with Gasteiger partial charge in [-0.1, -0.05) is 22.0 Å². The fourth-order valence-electron chi connectivity index (χ4n) is 1.15. The third kappa shape index (κ3) is 2.82. The first-order valence-corrected chi connectivity index (χ1v) is 4.96. The van der Waals surface area contributed by atoms with Crippen molar-refractivity contribution in [2.24, 2.45) is 0 Å². The van der Waals surface area contributed by atoms with Crippen molar-refractivity contribution >= 4 is 21.9 Å². The van der Waals surface area contributed by atoms with E-state index >= 15 is 0 Å². The maximum atomic E-state index is 10.7. The Morgan fingerprint density at radius 3 is 2.57 bits per heavy atom. The normalized spacial score (nSPS) is 10.6. The van der Waals surface area contributed by atoms with Gasteiger partial charge in [0.15, 0.2) is 0 Å². The topological polar surface area (TPSA) is 40.5 Å². The standard InChI is InChI=1S/C10H12BrNO2/c1-12(2)6-8-4-3-7(10(13)14)5-9(8)11/h3-5H,6H2,1-2H3,(H,13,14). The number of benzene rings is 1. The van der Waals surface area contributed by atoms with E-state index in [-0.39, 0.29) is 0 Å². The highest BCUT2D eigenvalue weighted by molar-refractivity contribution is 9.10. The molecule has 0 amide bonds. The third-order valence-electron chi connectivity index (χ3n) is 1.79. The second kappa shape index (κ2) is 4.57. The Morgan fingerprint density at radius 2 is 2.14 bits per heavy atom. The summed E-state index contributed by atoms with van der Waals surface area (Å²) in [7, 11) is 3.94. The summed E-state index contributed by atoms with van der Waals surface area (Å²) < 4.78 is 0.839. The molecule has 4 heteroatoms. The number of carboxylic acid groups (broad SMARTS) is 1. The molecule has 0 aliphatic carbocycles. The van der Waals surface area contributed by atoms with Crippen molar-refractivity contribution < 1.29 is 9.90 Å². The number of halogens is 1. The van der Waals surface area contributed by atoms with Gasteiger partial charge in [0.05, 0.1) is 5.56 Å². The SMILES string of the molecule is CN(C)Cc1ccc(C(=O)O)cc1Br. The molecule has 0 saturated carbocycles. The summed E-state index contributed by atoms with van der Waals surface area (Å²) in [5.41, 5.74) is 1.39. The lowest BCUT2D eigenvalue weighted by Gasteiger charge is -2.11. The summed E-state index contributed by atoms with van der Waals surface area (Å²) in [6, 6.07) is 5.07. The molecule has 1 aromatic carbocycles. The van der Waals surface area contributed by atoms with Gasteiger partial charge in [-0.3, -0.25) is 0 Å². The Labute approximate surface area is 91.5 Å². The smallest absolute Gasteiger partial charge is 0.335 e. The summed E-state index contributed by atoms with van der Waals surface area (Å²) in [4.78, 5) is 12.7. The lowest BCUT2D eigenvalue weighted by atomic mass is 10.1. The summed E-state index contributed by atoms with van der Waals surface area (Å²) in [6.45, 7) is 0.792. The molecule has 0 aliphatic rings. The third-order valence-corrected chi connectivity index (χ3v) is 2.52. The second-order valence-electron chi connectivity index (χ2n) is 3.35. The molecule has 3 nitrogen and oxygen atoms in total. The average Bonchev–Trinajstić information content (AvgIpc) is 2.07. The van der Waals surface area contributed by atoms with Crippen LogP contribution < -0.4 is 0 Å². The van der Waals surface area contributed by atoms with Gasteiger partial charge >= 0.3 is 5.97 Å². The maximum Gasteiger partial charge on any atom is 0.335 e. The van der Waals surface area contributed by atoms with E-state index in [0.717, 1.165) is 16.6 Å². The molecule has 0 saturated heterocycles. The van der Waals surface area contributed by atoms with Gasteiger partial charge in [-0.15, -0.1) is 0 Å². The van der Waals surface area contributed by atoms with Crippen LogP contribution >= 0.6 is 15.9 Å². The molecule has 0 fully saturated rings. The van der Waals surface area contributed by atoms with Gasteiger partial charge in [0.2, 0.25) is 0 Å². The summed E-state index contributed by atoms with van der Waals surface area (Å²) in [6.07, 6.45) is 0. The van der Waals surface area contributed by atoms with Crippen LogP contribution in [0, 0.1) is 0 Å². The van der Waals surface area contributed by atoms with E-state index < -0.39 is 5.97 Å². The van der Waals surface area contributed by atoms with Crippen molar-refractivity contribution in [3.05, 3.63) is 33.8 Å². The van der Waals surface area contributed by atoms with E-state index in [1.54, 1.807) is 12.1 Å². The number of carbonyl (C=O) groups is 1. The van der Waals surface area contributed by atoms with Gasteiger partial charge < -0.3 is 10.0 Å². The predicted molar refractivity (Wildman–Crippen MR) is 58.5 cm³/mol. The molecular weight excluding hydrogens is 246 g/mol. The Morgan fingerprint density at radius 1 is 1.50 bits per heavy atom. The largest absolute Gasteiger partial charge is 0.478 e. The van der Waals surface area contributed by atoms with Crippen LogP contribution in [0.25, 0.3) is 0 Å². The molecule has 76 valence electrons. The fraction of sp³-hybridized carbons (Fsp3) is 0.300. The average molecular weight is 258 g/mol. The van der Waals surface area contributed by atoms with Gasteiger partial charge in [-0.25, -0.2) is 4.79 Å². The molecule has 1 aromatic rings. The molecule has 1 N–H and O–H groups in total. The predicted octanol–water partition coefficient (Wildman–Crippen LogP) is 2.21. The number of aromatic carboxylic acids is 1. The fourth-order valence-corrected chi connectivity index (χ4v) is 1.65. The molecule has 0 aliphatic heterocycles. The van der Waals surface area contributed by atoms with E-state index in [9.17, 15) is 4.79 Å². The molecule has 0 heterocycles.